The van der Waals surface area contributed by atoms with Crippen molar-refractivity contribution in [2.24, 2.45) is 88.8 Å². The molecule has 145 heavy (non-hydrogen) atoms. The van der Waals surface area contributed by atoms with E-state index in [1.807, 2.05) is 19.1 Å². The van der Waals surface area contributed by atoms with Crippen LogP contribution in [0.5, 0.6) is 11.5 Å². The van der Waals surface area contributed by atoms with Crippen molar-refractivity contribution in [2.75, 3.05) is 13.2 Å². The Morgan fingerprint density at radius 1 is 0.421 bits per heavy atom. The van der Waals surface area contributed by atoms with Gasteiger partial charge in [0.1, 0.15) is 54.7 Å². The Kier molecular flexibility index (Phi) is 55.2. The van der Waals surface area contributed by atoms with Crippen LogP contribution in [0.3, 0.4) is 0 Å². The van der Waals surface area contributed by atoms with Crippen molar-refractivity contribution in [2.45, 2.75) is 353 Å². The first kappa shape index (κ1) is 120. The van der Waals surface area contributed by atoms with E-state index in [1.165, 1.54) is 73.8 Å². The maximum Gasteiger partial charge on any atom is 0.416 e. The summed E-state index contributed by atoms with van der Waals surface area (Å²) in [6, 6.07) is 34.7. The quantitative estimate of drug-likeness (QED) is 0.0105. The van der Waals surface area contributed by atoms with Gasteiger partial charge in [-0.2, -0.15) is 22.0 Å². The smallest absolute Gasteiger partial charge is 0.416 e. The van der Waals surface area contributed by atoms with Gasteiger partial charge >= 0.3 is 36.0 Å². The fourth-order valence-corrected chi connectivity index (χ4v) is 25.8. The van der Waals surface area contributed by atoms with Gasteiger partial charge in [0, 0.05) is 87.2 Å². The summed E-state index contributed by atoms with van der Waals surface area (Å²) in [5.41, 5.74) is 3.40. The van der Waals surface area contributed by atoms with Gasteiger partial charge in [-0.05, 0) is 299 Å². The average molecular weight is 2120 g/mol. The number of unbranched alkanes of at least 4 members (excludes halogenated alkanes) is 4. The van der Waals surface area contributed by atoms with E-state index < -0.39 is 30.4 Å². The lowest BCUT2D eigenvalue weighted by atomic mass is 9.82. The van der Waals surface area contributed by atoms with Crippen LogP contribution in [0.15, 0.2) is 225 Å². The molecule has 0 radical (unpaired) electrons. The third-order valence-electron chi connectivity index (χ3n) is 31.0. The van der Waals surface area contributed by atoms with Crippen molar-refractivity contribution in [1.29, 1.82) is 0 Å². The molecule has 5 fully saturated rings. The van der Waals surface area contributed by atoms with Gasteiger partial charge in [0.05, 0.1) is 17.8 Å². The van der Waals surface area contributed by atoms with Crippen LogP contribution < -0.4 is 9.47 Å². The molecule has 4 aromatic rings. The molecule has 14 rings (SSSR count). The number of rotatable bonds is 36. The highest BCUT2D eigenvalue weighted by Gasteiger charge is 2.48. The molecule has 800 valence electrons. The topological polar surface area (TPSA) is 178 Å². The predicted octanol–water partition coefficient (Wildman–Crippen LogP) is 32.0. The number of benzene rings is 4. The third kappa shape index (κ3) is 43.3. The first-order valence-corrected chi connectivity index (χ1v) is 62.6. The highest BCUT2D eigenvalue weighted by atomic mass is 32.0. The third-order valence-corrected chi connectivity index (χ3v) is 33.6. The highest BCUT2D eigenvalue weighted by molar-refractivity contribution is 8.00. The Morgan fingerprint density at radius 2 is 0.807 bits per heavy atom. The Morgan fingerprint density at radius 3 is 1.25 bits per heavy atom. The number of esters is 5. The van der Waals surface area contributed by atoms with Crippen LogP contribution in [0.1, 0.15) is 296 Å². The van der Waals surface area contributed by atoms with Gasteiger partial charge in [0.2, 0.25) is 0 Å². The molecule has 5 aliphatic carbocycles. The van der Waals surface area contributed by atoms with Gasteiger partial charge in [0.15, 0.2) is 6.61 Å². The zero-order valence-electron chi connectivity index (χ0n) is 86.9. The highest BCUT2D eigenvalue weighted by Crippen LogP contribution is 2.50. The minimum atomic E-state index is -4.42. The minimum absolute atomic E-state index is 0.00331. The van der Waals surface area contributed by atoms with Gasteiger partial charge in [-0.15, -0.1) is 0 Å². The molecular formula is C119H169F5O15P6. The van der Waals surface area contributed by atoms with Gasteiger partial charge in [-0.25, -0.2) is 0 Å². The van der Waals surface area contributed by atoms with E-state index in [9.17, 15) is 45.9 Å². The summed E-state index contributed by atoms with van der Waals surface area (Å²) in [5, 5.41) is 0. The predicted molar refractivity (Wildman–Crippen MR) is 592 cm³/mol. The van der Waals surface area contributed by atoms with Gasteiger partial charge in [-0.3, -0.25) is 24.0 Å². The summed E-state index contributed by atoms with van der Waals surface area (Å²) in [7, 11) is 8.90. The molecule has 29 atom stereocenters. The number of allylic oxidation sites excluding steroid dienone is 14. The normalized spacial score (nSPS) is 29.8. The van der Waals surface area contributed by atoms with E-state index >= 15 is 0 Å². The number of halogens is 5. The monoisotopic (exact) mass is 2120 g/mol. The van der Waals surface area contributed by atoms with E-state index in [0.29, 0.717) is 127 Å². The van der Waals surface area contributed by atoms with Crippen molar-refractivity contribution in [3.8, 4) is 11.5 Å². The number of hydrogen-bond acceptors (Lipinski definition) is 15. The number of aryl methyl sites for hydroxylation is 2. The van der Waals surface area contributed by atoms with Gasteiger partial charge in [0.25, 0.3) is 5.92 Å². The van der Waals surface area contributed by atoms with E-state index in [4.69, 9.17) is 46.7 Å². The Labute approximate surface area is 876 Å². The van der Waals surface area contributed by atoms with Crippen LogP contribution >= 0.6 is 52.3 Å². The van der Waals surface area contributed by atoms with Crippen LogP contribution in [0.2, 0.25) is 0 Å². The zero-order valence-corrected chi connectivity index (χ0v) is 93.4. The van der Waals surface area contributed by atoms with E-state index in [1.54, 1.807) is 30.3 Å². The summed E-state index contributed by atoms with van der Waals surface area (Å²) in [6.45, 7) is 17.2. The SMILES string of the molecule is C=C(CCCCCCC)CC[C@@H]1[C@H]2C/C=C\CCCC(=O)O[C@H]2C[C@H]1C.C[C@@H]1C[C@@H]2OC(=O)CCC/C=C\C[C@@H]2[C@H]1/C=C/C(F)(F)COc1ccccc1.C[C@@H]1C[C@@H]2OC(=O)CCC/C=C\C[C@@H]2[C@H]1/C=C/[C@H](CCc1ccccc1)OPP.C[C@@H]1C[C@@H]2OC(=O)CCC/C=C\C[C@@H]2[C@H]1/C=C/[C@H](COc1cccc(C(F)(F)F)c1)OPP.C[C@@H]1C[C@@H]2OC(=O)CCC/C=C\C[C@@H]2[C@H]1CC[C@H](CCc1ccccc1)OPP. The second-order valence-electron chi connectivity index (χ2n) is 41.9. The van der Waals surface area contributed by atoms with Gasteiger partial charge in [-0.1, -0.05) is 282 Å². The lowest BCUT2D eigenvalue weighted by Crippen LogP contribution is -2.26. The van der Waals surface area contributed by atoms with Crippen LogP contribution in [0.4, 0.5) is 22.0 Å². The molecule has 5 heterocycles. The number of hydrogen-bond donors (Lipinski definition) is 0. The maximum absolute atomic E-state index is 14.3. The van der Waals surface area contributed by atoms with Crippen LogP contribution in [-0.2, 0) is 80.2 Å². The molecule has 6 unspecified atom stereocenters. The Bertz CT molecular complexity index is 4690. The summed E-state index contributed by atoms with van der Waals surface area (Å²) >= 11 is 0. The fourth-order valence-electron chi connectivity index (χ4n) is 23.1. The second kappa shape index (κ2) is 66.4. The number of alkyl halides is 5. The standard InChI is InChI=1S/C24H31F3O4P2.C24H36O3P2.C24H34O3P2.C24H40O2.C23H28F2O3/c1-16-13-22-21(9-4-2-3-5-10-23(28)30-22)20(16)12-11-19(31-33-32)15-29-18-8-6-7-17(14-18)24(25,26)27;2*1-18-17-23-22(11-7-2-3-8-12-24(25)26-23)21(18)16-15-20(27-29-28)14-13-19-9-5-4-6-10-19;1-4-5-6-7-10-13-19(2)16-17-21-20(3)18-23-22(21)14-11-8-9-12-15-24(25)26-23;1-17-15-21-20(11-7-2-3-8-12-22(26)28-21)19(17)13-14-23(24,25)16-27-18-9-5-4-6-10-18/h2,4,6-8,11-12,14,16,19-22,33H,3,5,9-10,13,15,32H2,1H3;2,4-7,9-10,18,20-23,29H,3,8,11-17,28H2,1H3;2,4-7,9-10,15-16,18,20-23,29H,3,8,11-14,17,28H2,1H3;8,11,20-23H,2,4-7,9-10,12-18H2,1,3H3;2,4-7,9-10,13-14,17,19-21H,3,8,11-12,15-16H2,1H3/b4-2-,12-11+;7-2-;7-2-,16-15+;11-8-;7-2-,14-13+/t16-,19-,20+,21-,22+;2*18-,20+,21+,22-,23+;20-,21+,22-,23+;17-,19+,20-,21+/m11111/s1. The molecule has 0 amide bonds. The van der Waals surface area contributed by atoms with Gasteiger partial charge < -0.3 is 46.7 Å². The van der Waals surface area contributed by atoms with E-state index in [-0.39, 0.29) is 117 Å². The minimum Gasteiger partial charge on any atom is -0.491 e. The number of ether oxygens (including phenoxy) is 7. The zero-order chi connectivity index (χ0) is 104. The molecule has 5 saturated carbocycles. The first-order chi connectivity index (χ1) is 70.2. The lowest BCUT2D eigenvalue weighted by molar-refractivity contribution is -0.152. The number of carbonyl (C=O) groups excluding carboxylic acids is 5. The molecule has 4 aromatic carbocycles. The van der Waals surface area contributed by atoms with Crippen LogP contribution in [-0.4, -0.2) is 97.8 Å². The fraction of sp³-hybridized carbons (Fsp3) is 0.605. The van der Waals surface area contributed by atoms with Crippen LogP contribution in [0, 0.1) is 88.8 Å². The van der Waals surface area contributed by atoms with Crippen molar-refractivity contribution in [1.82, 2.24) is 0 Å². The Hall–Kier alpha value is -6.40. The van der Waals surface area contributed by atoms with Crippen molar-refractivity contribution in [3.05, 3.63) is 241 Å². The van der Waals surface area contributed by atoms with Crippen molar-refractivity contribution < 1.29 is 92.7 Å². The molecule has 5 aliphatic heterocycles. The first-order valence-electron chi connectivity index (χ1n) is 54.4. The average Bonchev–Trinajstić information content (AvgIpc) is 1.68. The molecule has 0 aromatic heterocycles. The molecule has 15 nitrogen and oxygen atoms in total. The molecular weight excluding hydrogens is 1950 g/mol. The maximum atomic E-state index is 14.3. The second-order valence-corrected chi connectivity index (χ2v) is 45.4. The largest absolute Gasteiger partial charge is 0.491 e. The van der Waals surface area contributed by atoms with Crippen molar-refractivity contribution in [3.63, 3.8) is 0 Å². The molecule has 0 saturated heterocycles. The molecule has 10 aliphatic rings. The number of carbonyl (C=O) groups is 5. The Balaban J connectivity index is 0.000000186. The number of para-hydroxylation sites is 1. The summed E-state index contributed by atoms with van der Waals surface area (Å²) in [6.07, 6.45) is 66.3. The summed E-state index contributed by atoms with van der Waals surface area (Å²) in [5.74, 6) is 2.86. The van der Waals surface area contributed by atoms with Crippen molar-refractivity contribution >= 4 is 82.1 Å². The van der Waals surface area contributed by atoms with Crippen LogP contribution in [0.25, 0.3) is 0 Å². The molecule has 0 spiro atoms. The molecule has 0 N–H and O–H groups in total. The van der Waals surface area contributed by atoms with E-state index in [2.05, 4.69) is 208 Å². The summed E-state index contributed by atoms with van der Waals surface area (Å²) < 4.78 is 125. The molecule has 26 heteroatoms. The molecule has 0 bridgehead atoms. The summed E-state index contributed by atoms with van der Waals surface area (Å²) in [4.78, 5) is 60.5. The van der Waals surface area contributed by atoms with E-state index in [0.717, 1.165) is 185 Å². The number of fused-ring (bicyclic) bond motifs is 5. The lowest BCUT2D eigenvalue weighted by Gasteiger charge is -2.27.